The zero-order valence-corrected chi connectivity index (χ0v) is 19.3. The number of hydrogen-bond donors (Lipinski definition) is 0. The van der Waals surface area contributed by atoms with Crippen LogP contribution in [-0.2, 0) is 11.3 Å². The fourth-order valence-corrected chi connectivity index (χ4v) is 9.86. The van der Waals surface area contributed by atoms with E-state index < -0.39 is 0 Å². The van der Waals surface area contributed by atoms with Crippen LogP contribution in [0.5, 0.6) is 0 Å². The first-order valence-corrected chi connectivity index (χ1v) is 12.9. The molecule has 11 unspecified atom stereocenters. The summed E-state index contributed by atoms with van der Waals surface area (Å²) < 4.78 is 1.69. The van der Waals surface area contributed by atoms with Gasteiger partial charge in [-0.2, -0.15) is 10.4 Å². The lowest BCUT2D eigenvalue weighted by atomic mass is 9.47. The molecule has 1 aromatic heterocycles. The summed E-state index contributed by atoms with van der Waals surface area (Å²) in [5.41, 5.74) is 0.583. The van der Waals surface area contributed by atoms with Crippen LogP contribution in [0.15, 0.2) is 12.3 Å². The van der Waals surface area contributed by atoms with Crippen molar-refractivity contribution >= 4 is 5.78 Å². The Hall–Kier alpha value is -1.63. The van der Waals surface area contributed by atoms with Crippen LogP contribution in [0.3, 0.4) is 0 Å². The van der Waals surface area contributed by atoms with E-state index in [-0.39, 0.29) is 11.3 Å². The number of nitriles is 1. The van der Waals surface area contributed by atoms with Gasteiger partial charge in [0.25, 0.3) is 0 Å². The van der Waals surface area contributed by atoms with Gasteiger partial charge >= 0.3 is 0 Å². The van der Waals surface area contributed by atoms with Gasteiger partial charge in [0.15, 0.2) is 11.5 Å². The normalized spacial score (nSPS) is 49.9. The van der Waals surface area contributed by atoms with Crippen molar-refractivity contribution in [1.29, 1.82) is 5.26 Å². The average molecular weight is 420 g/mol. The number of rotatable bonds is 3. The molecule has 4 nitrogen and oxygen atoms in total. The fraction of sp³-hybridized carbons (Fsp3) is 0.815. The summed E-state index contributed by atoms with van der Waals surface area (Å²) in [6.07, 6.45) is 11.6. The minimum absolute atomic E-state index is 0.181. The molecule has 31 heavy (non-hydrogen) atoms. The highest BCUT2D eigenvalue weighted by atomic mass is 16.1. The second kappa shape index (κ2) is 6.93. The topological polar surface area (TPSA) is 58.7 Å². The molecule has 0 saturated heterocycles. The second-order valence-corrected chi connectivity index (χ2v) is 12.3. The smallest absolute Gasteiger partial charge is 0.162 e. The molecule has 1 aromatic rings. The molecule has 5 saturated carbocycles. The zero-order valence-electron chi connectivity index (χ0n) is 19.3. The minimum Gasteiger partial charge on any atom is -0.297 e. The fourth-order valence-electron chi connectivity index (χ4n) is 9.86. The summed E-state index contributed by atoms with van der Waals surface area (Å²) >= 11 is 0. The van der Waals surface area contributed by atoms with E-state index in [1.807, 2.05) is 0 Å². The third-order valence-corrected chi connectivity index (χ3v) is 11.0. The first-order chi connectivity index (χ1) is 14.9. The summed E-state index contributed by atoms with van der Waals surface area (Å²) in [7, 11) is 0. The molecule has 0 N–H and O–H groups in total. The van der Waals surface area contributed by atoms with Crippen molar-refractivity contribution in [2.75, 3.05) is 0 Å². The number of fused-ring (bicyclic) bond motifs is 7. The largest absolute Gasteiger partial charge is 0.297 e. The predicted molar refractivity (Wildman–Crippen MR) is 119 cm³/mol. The maximum absolute atomic E-state index is 13.6. The summed E-state index contributed by atoms with van der Waals surface area (Å²) in [6.45, 7) is 7.69. The summed E-state index contributed by atoms with van der Waals surface area (Å²) in [5, 5.41) is 13.3. The molecule has 5 aliphatic carbocycles. The standard InChI is InChI=1S/C27H37N3O/c1-15-4-6-19-17(12-15)5-7-21-20(19)8-10-27(3)25(21)23-16(2)24(23)26(27)22(31)14-30-11-9-18(13-28)29-30/h9,11,15-17,19-21,23-26H,4-8,10,12,14H2,1-3H3. The van der Waals surface area contributed by atoms with E-state index in [1.165, 1.54) is 44.9 Å². The highest BCUT2D eigenvalue weighted by Gasteiger charge is 2.73. The van der Waals surface area contributed by atoms with Crippen molar-refractivity contribution in [1.82, 2.24) is 9.78 Å². The van der Waals surface area contributed by atoms with Crippen LogP contribution in [0, 0.1) is 75.9 Å². The summed E-state index contributed by atoms with van der Waals surface area (Å²) in [6, 6.07) is 3.79. The van der Waals surface area contributed by atoms with Gasteiger partial charge in [0, 0.05) is 12.1 Å². The Labute approximate surface area is 186 Å². The van der Waals surface area contributed by atoms with Gasteiger partial charge < -0.3 is 0 Å². The number of carbonyl (C=O) groups is 1. The van der Waals surface area contributed by atoms with E-state index in [2.05, 4.69) is 31.9 Å². The van der Waals surface area contributed by atoms with Gasteiger partial charge in [-0.3, -0.25) is 9.48 Å². The minimum atomic E-state index is 0.181. The lowest BCUT2D eigenvalue weighted by molar-refractivity contribution is -0.135. The van der Waals surface area contributed by atoms with Gasteiger partial charge in [0.1, 0.15) is 6.07 Å². The molecule has 1 heterocycles. The average Bonchev–Trinajstić information content (AvgIpc) is 3.10. The van der Waals surface area contributed by atoms with Gasteiger partial charge in [0.05, 0.1) is 6.54 Å². The van der Waals surface area contributed by atoms with E-state index in [1.54, 1.807) is 16.9 Å². The van der Waals surface area contributed by atoms with Crippen molar-refractivity contribution in [2.24, 2.45) is 64.6 Å². The number of aromatic nitrogens is 2. The number of carbonyl (C=O) groups excluding carboxylic acids is 1. The summed E-state index contributed by atoms with van der Waals surface area (Å²) in [4.78, 5) is 13.6. The lowest BCUT2D eigenvalue weighted by Gasteiger charge is -2.57. The van der Waals surface area contributed by atoms with Crippen LogP contribution in [0.4, 0.5) is 0 Å². The molecule has 0 bridgehead atoms. The van der Waals surface area contributed by atoms with Crippen molar-refractivity contribution in [3.8, 4) is 6.07 Å². The Morgan fingerprint density at radius 3 is 2.74 bits per heavy atom. The molecule has 0 amide bonds. The zero-order chi connectivity index (χ0) is 21.5. The maximum Gasteiger partial charge on any atom is 0.162 e. The van der Waals surface area contributed by atoms with Crippen LogP contribution in [-0.4, -0.2) is 15.6 Å². The molecule has 4 heteroatoms. The molecule has 166 valence electrons. The highest BCUT2D eigenvalue weighted by Crippen LogP contribution is 2.76. The molecule has 0 radical (unpaired) electrons. The molecule has 5 fully saturated rings. The molecule has 0 aromatic carbocycles. The van der Waals surface area contributed by atoms with Crippen molar-refractivity contribution < 1.29 is 4.79 Å². The molecule has 11 atom stereocenters. The van der Waals surface area contributed by atoms with E-state index in [4.69, 9.17) is 5.26 Å². The van der Waals surface area contributed by atoms with Crippen LogP contribution in [0.1, 0.15) is 71.4 Å². The van der Waals surface area contributed by atoms with Crippen molar-refractivity contribution in [3.05, 3.63) is 18.0 Å². The van der Waals surface area contributed by atoms with Crippen molar-refractivity contribution in [3.63, 3.8) is 0 Å². The molecule has 0 spiro atoms. The Morgan fingerprint density at radius 1 is 1.16 bits per heavy atom. The Kier molecular flexibility index (Phi) is 4.47. The van der Waals surface area contributed by atoms with Crippen LogP contribution in [0.25, 0.3) is 0 Å². The second-order valence-electron chi connectivity index (χ2n) is 12.3. The first kappa shape index (κ1) is 20.0. The van der Waals surface area contributed by atoms with E-state index >= 15 is 0 Å². The highest BCUT2D eigenvalue weighted by molar-refractivity contribution is 5.83. The number of hydrogen-bond acceptors (Lipinski definition) is 3. The number of ketones is 1. The Bertz CT molecular complexity index is 929. The van der Waals surface area contributed by atoms with Crippen LogP contribution < -0.4 is 0 Å². The molecule has 0 aliphatic heterocycles. The van der Waals surface area contributed by atoms with E-state index in [0.717, 1.165) is 41.4 Å². The Balaban J connectivity index is 1.26. The molecular weight excluding hydrogens is 382 g/mol. The van der Waals surface area contributed by atoms with Gasteiger partial charge in [0.2, 0.25) is 0 Å². The number of nitrogens with zero attached hydrogens (tertiary/aromatic N) is 3. The lowest BCUT2D eigenvalue weighted by Crippen LogP contribution is -2.51. The maximum atomic E-state index is 13.6. The SMILES string of the molecule is CC1CCC2C(CCC3C2CCC2(C)C(C(=O)Cn4ccc(C#N)n4)C4C(C)C4C32)C1. The van der Waals surface area contributed by atoms with Gasteiger partial charge in [-0.1, -0.05) is 27.2 Å². The molecule has 5 aliphatic rings. The number of Topliss-reactive ketones (excluding diaryl/α,β-unsaturated/α-hetero) is 1. The first-order valence-electron chi connectivity index (χ1n) is 12.9. The third kappa shape index (κ3) is 2.84. The molecular formula is C27H37N3O. The Morgan fingerprint density at radius 2 is 1.97 bits per heavy atom. The van der Waals surface area contributed by atoms with Crippen LogP contribution in [0.2, 0.25) is 0 Å². The quantitative estimate of drug-likeness (QED) is 0.665. The molecule has 6 rings (SSSR count). The van der Waals surface area contributed by atoms with Gasteiger partial charge in [-0.25, -0.2) is 0 Å². The van der Waals surface area contributed by atoms with Crippen LogP contribution >= 0.6 is 0 Å². The van der Waals surface area contributed by atoms with E-state index in [9.17, 15) is 4.79 Å². The van der Waals surface area contributed by atoms with Crippen molar-refractivity contribution in [2.45, 2.75) is 72.3 Å². The van der Waals surface area contributed by atoms with Gasteiger partial charge in [-0.05, 0) is 103 Å². The van der Waals surface area contributed by atoms with E-state index in [0.29, 0.717) is 29.9 Å². The predicted octanol–water partition coefficient (Wildman–Crippen LogP) is 5.33. The summed E-state index contributed by atoms with van der Waals surface area (Å²) in [5.74, 6) is 8.06. The van der Waals surface area contributed by atoms with Gasteiger partial charge in [-0.15, -0.1) is 0 Å². The third-order valence-electron chi connectivity index (χ3n) is 11.0. The monoisotopic (exact) mass is 419 g/mol.